The summed E-state index contributed by atoms with van der Waals surface area (Å²) in [6.07, 6.45) is 0.840. The van der Waals surface area contributed by atoms with Gasteiger partial charge in [0, 0.05) is 0 Å². The molecule has 0 bridgehead atoms. The number of aliphatic carboxylic acids is 1. The number of nitrogens with zero attached hydrogens (tertiary/aromatic N) is 3. The molecular formula is C8H9N3O6. The molecule has 17 heavy (non-hydrogen) atoms. The summed E-state index contributed by atoms with van der Waals surface area (Å²) in [5, 5.41) is 22.6. The molecule has 1 heterocycles. The van der Waals surface area contributed by atoms with Crippen molar-refractivity contribution >= 4 is 17.8 Å². The molecule has 0 unspecified atom stereocenters. The molecule has 9 nitrogen and oxygen atoms in total. The second-order valence-electron chi connectivity index (χ2n) is 3.02. The van der Waals surface area contributed by atoms with Crippen LogP contribution < -0.4 is 0 Å². The first-order valence-corrected chi connectivity index (χ1v) is 4.47. The number of esters is 1. The molecule has 0 amide bonds. The SMILES string of the molecule is COC(=O)c1cn(CCC(=O)O)nc1[N+](=O)[O-]. The number of hydrogen-bond acceptors (Lipinski definition) is 6. The molecule has 0 aromatic carbocycles. The van der Waals surface area contributed by atoms with Gasteiger partial charge in [-0.3, -0.25) is 4.79 Å². The number of nitro groups is 1. The quantitative estimate of drug-likeness (QED) is 0.440. The molecule has 1 aromatic heterocycles. The maximum atomic E-state index is 11.2. The van der Waals surface area contributed by atoms with Gasteiger partial charge in [-0.2, -0.15) is 4.68 Å². The molecule has 92 valence electrons. The number of methoxy groups -OCH3 is 1. The molecule has 0 aliphatic rings. The van der Waals surface area contributed by atoms with Crippen molar-refractivity contribution in [3.63, 3.8) is 0 Å². The number of carboxylic acids is 1. The molecule has 0 saturated carbocycles. The van der Waals surface area contributed by atoms with Crippen molar-refractivity contribution in [3.8, 4) is 0 Å². The van der Waals surface area contributed by atoms with Crippen molar-refractivity contribution in [2.75, 3.05) is 7.11 Å². The predicted octanol–water partition coefficient (Wildman–Crippen LogP) is 0.0526. The number of hydrogen-bond donors (Lipinski definition) is 1. The number of aryl methyl sites for hydroxylation is 1. The van der Waals surface area contributed by atoms with E-state index < -0.39 is 22.7 Å². The third-order valence-electron chi connectivity index (χ3n) is 1.88. The molecule has 0 radical (unpaired) electrons. The number of carbonyl (C=O) groups excluding carboxylic acids is 1. The van der Waals surface area contributed by atoms with E-state index in [0.29, 0.717) is 0 Å². The zero-order chi connectivity index (χ0) is 13.0. The lowest BCUT2D eigenvalue weighted by molar-refractivity contribution is -0.390. The summed E-state index contributed by atoms with van der Waals surface area (Å²) in [6, 6.07) is 0. The zero-order valence-electron chi connectivity index (χ0n) is 8.82. The van der Waals surface area contributed by atoms with E-state index in [2.05, 4.69) is 9.84 Å². The van der Waals surface area contributed by atoms with Gasteiger partial charge in [-0.1, -0.05) is 0 Å². The van der Waals surface area contributed by atoms with E-state index in [1.165, 1.54) is 0 Å². The standard InChI is InChI=1S/C8H9N3O6/c1-17-8(14)5-4-10(3-2-6(12)13)9-7(5)11(15)16/h4H,2-3H2,1H3,(H,12,13). The Labute approximate surface area is 94.7 Å². The maximum Gasteiger partial charge on any atom is 0.404 e. The van der Waals surface area contributed by atoms with Crippen LogP contribution in [0.3, 0.4) is 0 Å². The lowest BCUT2D eigenvalue weighted by atomic mass is 10.3. The van der Waals surface area contributed by atoms with Gasteiger partial charge in [0.1, 0.15) is 0 Å². The van der Waals surface area contributed by atoms with E-state index in [4.69, 9.17) is 5.11 Å². The Balaban J connectivity index is 2.99. The molecule has 0 spiro atoms. The van der Waals surface area contributed by atoms with Gasteiger partial charge in [0.25, 0.3) is 0 Å². The van der Waals surface area contributed by atoms with Gasteiger partial charge in [0.15, 0.2) is 5.56 Å². The average molecular weight is 243 g/mol. The molecule has 9 heteroatoms. The molecule has 1 N–H and O–H groups in total. The van der Waals surface area contributed by atoms with Crippen LogP contribution in [0.2, 0.25) is 0 Å². The Bertz CT molecular complexity index is 466. The van der Waals surface area contributed by atoms with Crippen molar-refractivity contribution < 1.29 is 24.4 Å². The molecule has 0 fully saturated rings. The van der Waals surface area contributed by atoms with Gasteiger partial charge in [-0.15, -0.1) is 0 Å². The van der Waals surface area contributed by atoms with Crippen LogP contribution in [0.15, 0.2) is 6.20 Å². The van der Waals surface area contributed by atoms with Crippen molar-refractivity contribution in [1.82, 2.24) is 9.78 Å². The van der Waals surface area contributed by atoms with Crippen LogP contribution in [0.4, 0.5) is 5.82 Å². The predicted molar refractivity (Wildman–Crippen MR) is 52.5 cm³/mol. The van der Waals surface area contributed by atoms with Crippen LogP contribution in [-0.2, 0) is 16.1 Å². The average Bonchev–Trinajstić information content (AvgIpc) is 2.69. The fourth-order valence-electron chi connectivity index (χ4n) is 1.12. The number of ether oxygens (including phenoxy) is 1. The number of carbonyl (C=O) groups is 2. The van der Waals surface area contributed by atoms with Gasteiger partial charge >= 0.3 is 17.8 Å². The number of rotatable bonds is 5. The Morgan fingerprint density at radius 3 is 2.76 bits per heavy atom. The summed E-state index contributed by atoms with van der Waals surface area (Å²) in [5.41, 5.74) is -0.303. The highest BCUT2D eigenvalue weighted by Gasteiger charge is 2.27. The second kappa shape index (κ2) is 5.05. The van der Waals surface area contributed by atoms with E-state index in [-0.39, 0.29) is 18.5 Å². The second-order valence-corrected chi connectivity index (χ2v) is 3.02. The smallest absolute Gasteiger partial charge is 0.404 e. The lowest BCUT2D eigenvalue weighted by Gasteiger charge is -1.93. The minimum atomic E-state index is -1.07. The Kier molecular flexibility index (Phi) is 3.75. The van der Waals surface area contributed by atoms with Gasteiger partial charge in [-0.25, -0.2) is 4.79 Å². The van der Waals surface area contributed by atoms with E-state index in [1.54, 1.807) is 0 Å². The summed E-state index contributed by atoms with van der Waals surface area (Å²) in [4.78, 5) is 31.3. The lowest BCUT2D eigenvalue weighted by Crippen LogP contribution is -2.05. The number of aromatic nitrogens is 2. The summed E-state index contributed by atoms with van der Waals surface area (Å²) in [6.45, 7) is -0.0623. The third-order valence-corrected chi connectivity index (χ3v) is 1.88. The van der Waals surface area contributed by atoms with Crippen molar-refractivity contribution in [2.45, 2.75) is 13.0 Å². The Morgan fingerprint density at radius 2 is 2.29 bits per heavy atom. The molecule has 0 atom stereocenters. The summed E-state index contributed by atoms with van der Waals surface area (Å²) < 4.78 is 5.38. The van der Waals surface area contributed by atoms with Crippen LogP contribution in [0.25, 0.3) is 0 Å². The Morgan fingerprint density at radius 1 is 1.65 bits per heavy atom. The van der Waals surface area contributed by atoms with E-state index in [9.17, 15) is 19.7 Å². The first-order chi connectivity index (χ1) is 7.95. The summed E-state index contributed by atoms with van der Waals surface area (Å²) in [7, 11) is 1.08. The molecule has 0 saturated heterocycles. The van der Waals surface area contributed by atoms with E-state index in [0.717, 1.165) is 18.0 Å². The normalized spacial score (nSPS) is 9.94. The highest BCUT2D eigenvalue weighted by molar-refractivity contribution is 5.92. The largest absolute Gasteiger partial charge is 0.481 e. The van der Waals surface area contributed by atoms with Gasteiger partial charge < -0.3 is 20.0 Å². The van der Waals surface area contributed by atoms with Gasteiger partial charge in [0.05, 0.1) is 31.4 Å². The molecule has 0 aliphatic carbocycles. The van der Waals surface area contributed by atoms with Gasteiger partial charge in [0.2, 0.25) is 0 Å². The minimum Gasteiger partial charge on any atom is -0.481 e. The molecule has 0 aliphatic heterocycles. The molecule has 1 rings (SSSR count). The van der Waals surface area contributed by atoms with Crippen molar-refractivity contribution in [1.29, 1.82) is 0 Å². The fourth-order valence-corrected chi connectivity index (χ4v) is 1.12. The zero-order valence-corrected chi connectivity index (χ0v) is 8.82. The molecule has 1 aromatic rings. The minimum absolute atomic E-state index is 0.0623. The van der Waals surface area contributed by atoms with Crippen LogP contribution in [-0.4, -0.2) is 38.9 Å². The monoisotopic (exact) mass is 243 g/mol. The van der Waals surface area contributed by atoms with Crippen LogP contribution in [0, 0.1) is 10.1 Å². The highest BCUT2D eigenvalue weighted by atomic mass is 16.6. The highest BCUT2D eigenvalue weighted by Crippen LogP contribution is 2.16. The first kappa shape index (κ1) is 12.6. The van der Waals surface area contributed by atoms with Crippen LogP contribution >= 0.6 is 0 Å². The summed E-state index contributed by atoms with van der Waals surface area (Å²) >= 11 is 0. The van der Waals surface area contributed by atoms with Crippen molar-refractivity contribution in [2.24, 2.45) is 0 Å². The van der Waals surface area contributed by atoms with Crippen LogP contribution in [0.1, 0.15) is 16.8 Å². The van der Waals surface area contributed by atoms with Crippen molar-refractivity contribution in [3.05, 3.63) is 21.9 Å². The summed E-state index contributed by atoms with van der Waals surface area (Å²) in [5.74, 6) is -2.61. The van der Waals surface area contributed by atoms with E-state index >= 15 is 0 Å². The molecular weight excluding hydrogens is 234 g/mol. The number of carboxylic acid groups (broad SMARTS) is 1. The fraction of sp³-hybridized carbons (Fsp3) is 0.375. The third kappa shape index (κ3) is 3.00. The van der Waals surface area contributed by atoms with E-state index in [1.807, 2.05) is 0 Å². The Hall–Kier alpha value is -2.45. The van der Waals surface area contributed by atoms with Gasteiger partial charge in [-0.05, 0) is 4.92 Å². The topological polar surface area (TPSA) is 125 Å². The van der Waals surface area contributed by atoms with Crippen LogP contribution in [0.5, 0.6) is 0 Å². The first-order valence-electron chi connectivity index (χ1n) is 4.47. The maximum absolute atomic E-state index is 11.2.